The van der Waals surface area contributed by atoms with Crippen molar-refractivity contribution in [3.63, 3.8) is 0 Å². The smallest absolute Gasteiger partial charge is 0.179 e. The number of nitrogen functional groups attached to an aromatic ring is 1. The summed E-state index contributed by atoms with van der Waals surface area (Å²) in [6.07, 6.45) is 3.77. The van der Waals surface area contributed by atoms with Crippen molar-refractivity contribution in [3.05, 3.63) is 11.1 Å². The van der Waals surface area contributed by atoms with E-state index in [2.05, 4.69) is 37.0 Å². The Morgan fingerprint density at radius 1 is 1.41 bits per heavy atom. The van der Waals surface area contributed by atoms with Crippen LogP contribution in [-0.2, 0) is 6.54 Å². The Balaban J connectivity index is 2.25. The molecule has 2 heterocycles. The third-order valence-corrected chi connectivity index (χ3v) is 3.04. The Hall–Kier alpha value is -1.68. The first-order valence-corrected chi connectivity index (χ1v) is 6.02. The van der Waals surface area contributed by atoms with Crippen LogP contribution < -0.4 is 5.73 Å². The molecule has 0 fully saturated rings. The number of unbranched alkanes of at least 4 members (excludes halogenated alkanes) is 2. The molecule has 2 aromatic rings. The molecule has 2 aromatic heterocycles. The lowest BCUT2D eigenvalue weighted by Gasteiger charge is -2.03. The molecule has 0 unspecified atom stereocenters. The van der Waals surface area contributed by atoms with Gasteiger partial charge >= 0.3 is 0 Å². The molecule has 7 heteroatoms. The maximum atomic E-state index is 8.47. The number of nitrogens with two attached hydrogens (primary N) is 1. The fourth-order valence-corrected chi connectivity index (χ4v) is 2.12. The lowest BCUT2D eigenvalue weighted by Crippen LogP contribution is -2.00. The van der Waals surface area contributed by atoms with E-state index in [1.165, 1.54) is 6.33 Å². The minimum atomic E-state index is 0.381. The average molecular weight is 295 g/mol. The van der Waals surface area contributed by atoms with E-state index in [9.17, 15) is 0 Å². The Bertz CT molecular complexity index is 570. The summed E-state index contributed by atoms with van der Waals surface area (Å²) in [6, 6.07) is 2.13. The zero-order valence-corrected chi connectivity index (χ0v) is 10.7. The Morgan fingerprint density at radius 2 is 2.24 bits per heavy atom. The molecular weight excluding hydrogens is 284 g/mol. The largest absolute Gasteiger partial charge is 0.382 e. The SMILES string of the molecule is N#CCCCCn1c(Br)nc2c(N)ncnc21. The van der Waals surface area contributed by atoms with Crippen molar-refractivity contribution in [2.75, 3.05) is 5.73 Å². The van der Waals surface area contributed by atoms with Crippen LogP contribution in [-0.4, -0.2) is 19.5 Å². The molecule has 0 atom stereocenters. The van der Waals surface area contributed by atoms with Crippen molar-refractivity contribution in [2.45, 2.75) is 25.8 Å². The second-order valence-electron chi connectivity index (χ2n) is 3.58. The molecule has 88 valence electrons. The van der Waals surface area contributed by atoms with E-state index in [-0.39, 0.29) is 0 Å². The molecule has 0 saturated heterocycles. The number of hydrogen-bond donors (Lipinski definition) is 1. The summed E-state index contributed by atoms with van der Waals surface area (Å²) in [5.41, 5.74) is 7.06. The van der Waals surface area contributed by atoms with Crippen molar-refractivity contribution < 1.29 is 0 Å². The molecule has 0 aliphatic heterocycles. The van der Waals surface area contributed by atoms with E-state index in [4.69, 9.17) is 11.0 Å². The summed E-state index contributed by atoms with van der Waals surface area (Å²) in [6.45, 7) is 0.759. The molecule has 0 aliphatic rings. The first-order chi connectivity index (χ1) is 8.24. The molecule has 17 heavy (non-hydrogen) atoms. The number of aryl methyl sites for hydroxylation is 1. The fraction of sp³-hybridized carbons (Fsp3) is 0.400. The lowest BCUT2D eigenvalue weighted by atomic mass is 10.2. The minimum absolute atomic E-state index is 0.381. The van der Waals surface area contributed by atoms with Gasteiger partial charge in [-0.15, -0.1) is 0 Å². The molecule has 0 amide bonds. The number of aromatic nitrogens is 4. The van der Waals surface area contributed by atoms with Crippen LogP contribution >= 0.6 is 15.9 Å². The van der Waals surface area contributed by atoms with E-state index >= 15 is 0 Å². The summed E-state index contributed by atoms with van der Waals surface area (Å²) in [4.78, 5) is 12.4. The zero-order valence-electron chi connectivity index (χ0n) is 9.10. The summed E-state index contributed by atoms with van der Waals surface area (Å²) in [7, 11) is 0. The van der Waals surface area contributed by atoms with Crippen LogP contribution in [0.1, 0.15) is 19.3 Å². The highest BCUT2D eigenvalue weighted by atomic mass is 79.9. The van der Waals surface area contributed by atoms with Crippen molar-refractivity contribution >= 4 is 32.9 Å². The van der Waals surface area contributed by atoms with Crippen LogP contribution in [0.3, 0.4) is 0 Å². The third-order valence-electron chi connectivity index (χ3n) is 2.43. The first-order valence-electron chi connectivity index (χ1n) is 5.23. The van der Waals surface area contributed by atoms with Crippen LogP contribution in [0.15, 0.2) is 11.1 Å². The highest BCUT2D eigenvalue weighted by Gasteiger charge is 2.12. The van der Waals surface area contributed by atoms with Crippen LogP contribution in [0.25, 0.3) is 11.2 Å². The van der Waals surface area contributed by atoms with E-state index in [0.717, 1.165) is 25.0 Å². The quantitative estimate of drug-likeness (QED) is 0.686. The van der Waals surface area contributed by atoms with Crippen molar-refractivity contribution in [2.24, 2.45) is 0 Å². The predicted molar refractivity (Wildman–Crippen MR) is 66.9 cm³/mol. The maximum absolute atomic E-state index is 8.47. The molecule has 0 aliphatic carbocycles. The number of anilines is 1. The number of fused-ring (bicyclic) bond motifs is 1. The van der Waals surface area contributed by atoms with Gasteiger partial charge in [-0.3, -0.25) is 0 Å². The standard InChI is InChI=1S/C10H11BrN6/c11-10-16-7-8(13)14-6-15-9(7)17(10)5-3-1-2-4-12/h6H,1-3,5H2,(H2,13,14,15). The van der Waals surface area contributed by atoms with Gasteiger partial charge in [0.2, 0.25) is 0 Å². The molecule has 0 radical (unpaired) electrons. The summed E-state index contributed by atoms with van der Waals surface area (Å²) >= 11 is 3.38. The molecule has 0 bridgehead atoms. The second kappa shape index (κ2) is 5.10. The number of rotatable bonds is 4. The Labute approximate surface area is 107 Å². The van der Waals surface area contributed by atoms with Gasteiger partial charge in [-0.25, -0.2) is 15.0 Å². The van der Waals surface area contributed by atoms with Gasteiger partial charge in [0.05, 0.1) is 6.07 Å². The highest BCUT2D eigenvalue weighted by Crippen LogP contribution is 2.21. The molecule has 2 N–H and O–H groups in total. The topological polar surface area (TPSA) is 93.4 Å². The highest BCUT2D eigenvalue weighted by molar-refractivity contribution is 9.10. The van der Waals surface area contributed by atoms with E-state index in [0.29, 0.717) is 22.5 Å². The molecular formula is C10H11BrN6. The maximum Gasteiger partial charge on any atom is 0.179 e. The molecule has 0 aromatic carbocycles. The van der Waals surface area contributed by atoms with Crippen LogP contribution in [0, 0.1) is 11.3 Å². The Morgan fingerprint density at radius 3 is 3.00 bits per heavy atom. The third kappa shape index (κ3) is 2.36. The van der Waals surface area contributed by atoms with Crippen molar-refractivity contribution in [1.82, 2.24) is 19.5 Å². The average Bonchev–Trinajstić information content (AvgIpc) is 2.63. The van der Waals surface area contributed by atoms with E-state index < -0.39 is 0 Å². The summed E-state index contributed by atoms with van der Waals surface area (Å²) in [5.74, 6) is 0.381. The van der Waals surface area contributed by atoms with Gasteiger partial charge in [0.25, 0.3) is 0 Å². The minimum Gasteiger partial charge on any atom is -0.382 e. The van der Waals surface area contributed by atoms with Gasteiger partial charge in [0.15, 0.2) is 21.7 Å². The number of hydrogen-bond acceptors (Lipinski definition) is 5. The van der Waals surface area contributed by atoms with E-state index in [1.807, 2.05) is 4.57 Å². The normalized spacial score (nSPS) is 10.6. The number of imidazole rings is 1. The first kappa shape index (κ1) is 11.8. The van der Waals surface area contributed by atoms with Gasteiger partial charge in [-0.05, 0) is 28.8 Å². The zero-order chi connectivity index (χ0) is 12.3. The van der Waals surface area contributed by atoms with Crippen LogP contribution in [0.4, 0.5) is 5.82 Å². The predicted octanol–water partition coefficient (Wildman–Crippen LogP) is 1.86. The van der Waals surface area contributed by atoms with Gasteiger partial charge in [-0.1, -0.05) is 0 Å². The molecule has 0 saturated carbocycles. The van der Waals surface area contributed by atoms with Gasteiger partial charge in [0, 0.05) is 13.0 Å². The van der Waals surface area contributed by atoms with Crippen LogP contribution in [0.5, 0.6) is 0 Å². The molecule has 2 rings (SSSR count). The van der Waals surface area contributed by atoms with Gasteiger partial charge < -0.3 is 10.3 Å². The summed E-state index contributed by atoms with van der Waals surface area (Å²) < 4.78 is 2.63. The van der Waals surface area contributed by atoms with Crippen LogP contribution in [0.2, 0.25) is 0 Å². The number of nitriles is 1. The monoisotopic (exact) mass is 294 g/mol. The molecule has 0 spiro atoms. The fourth-order valence-electron chi connectivity index (χ4n) is 1.60. The summed E-state index contributed by atoms with van der Waals surface area (Å²) in [5, 5.41) is 8.47. The van der Waals surface area contributed by atoms with Gasteiger partial charge in [-0.2, -0.15) is 5.26 Å². The van der Waals surface area contributed by atoms with E-state index in [1.54, 1.807) is 0 Å². The lowest BCUT2D eigenvalue weighted by molar-refractivity contribution is 0.615. The molecule has 6 nitrogen and oxygen atoms in total. The second-order valence-corrected chi connectivity index (χ2v) is 4.29. The van der Waals surface area contributed by atoms with Crippen molar-refractivity contribution in [3.8, 4) is 6.07 Å². The number of nitrogens with zero attached hydrogens (tertiary/aromatic N) is 5. The Kier molecular flexibility index (Phi) is 3.54. The van der Waals surface area contributed by atoms with Gasteiger partial charge in [0.1, 0.15) is 6.33 Å². The number of halogens is 1. The van der Waals surface area contributed by atoms with Crippen molar-refractivity contribution in [1.29, 1.82) is 5.26 Å².